The largest absolute Gasteiger partial charge is 0.346 e. The number of imide groups is 1. The van der Waals surface area contributed by atoms with Gasteiger partial charge in [-0.05, 0) is 80.4 Å². The average Bonchev–Trinajstić information content (AvgIpc) is 3.40. The minimum Gasteiger partial charge on any atom is -0.346 e. The Hall–Kier alpha value is -2.87. The maximum Gasteiger partial charge on any atom is 0.294 e. The maximum absolute atomic E-state index is 13.0. The molecule has 2 heterocycles. The van der Waals surface area contributed by atoms with Crippen LogP contribution in [-0.2, 0) is 9.59 Å². The van der Waals surface area contributed by atoms with Crippen LogP contribution in [0.4, 0.5) is 14.9 Å². The molecule has 1 N–H and O–H groups in total. The van der Waals surface area contributed by atoms with Gasteiger partial charge in [0.2, 0.25) is 5.91 Å². The highest BCUT2D eigenvalue weighted by Gasteiger charge is 2.36. The molecule has 0 unspecified atom stereocenters. The van der Waals surface area contributed by atoms with Crippen LogP contribution in [0.1, 0.15) is 48.7 Å². The van der Waals surface area contributed by atoms with E-state index in [1.165, 1.54) is 37.1 Å². The van der Waals surface area contributed by atoms with Crippen molar-refractivity contribution in [2.24, 2.45) is 0 Å². The second kappa shape index (κ2) is 8.70. The molecule has 4 rings (SSSR count). The standard InChI is InChI=1S/C23H24FN3O3S/c1-14-11-16(15(2)27(14)19-5-3-4-6-19)12-20-22(29)26(23(30)31-20)13-21(28)25-18-9-7-17(24)8-10-18/h7-12,19H,3-6,13H2,1-2H3,(H,25,28)/b20-12-. The number of halogens is 1. The summed E-state index contributed by atoms with van der Waals surface area (Å²) >= 11 is 0.843. The number of nitrogens with one attached hydrogen (secondary N) is 1. The molecule has 0 spiro atoms. The lowest BCUT2D eigenvalue weighted by atomic mass is 10.2. The van der Waals surface area contributed by atoms with Crippen molar-refractivity contribution >= 4 is 40.6 Å². The number of hydrogen-bond acceptors (Lipinski definition) is 4. The van der Waals surface area contributed by atoms with Crippen LogP contribution in [0.25, 0.3) is 6.08 Å². The Balaban J connectivity index is 1.48. The third-order valence-corrected chi connectivity index (χ3v) is 6.71. The van der Waals surface area contributed by atoms with E-state index in [9.17, 15) is 18.8 Å². The molecule has 0 atom stereocenters. The first-order chi connectivity index (χ1) is 14.8. The van der Waals surface area contributed by atoms with Crippen molar-refractivity contribution in [3.8, 4) is 0 Å². The molecule has 1 saturated heterocycles. The number of carbonyl (C=O) groups is 3. The van der Waals surface area contributed by atoms with Gasteiger partial charge in [-0.25, -0.2) is 4.39 Å². The summed E-state index contributed by atoms with van der Waals surface area (Å²) in [7, 11) is 0. The molecular weight excluding hydrogens is 417 g/mol. The van der Waals surface area contributed by atoms with Gasteiger partial charge in [-0.2, -0.15) is 0 Å². The molecule has 1 aliphatic carbocycles. The van der Waals surface area contributed by atoms with Crippen molar-refractivity contribution < 1.29 is 18.8 Å². The number of thioether (sulfide) groups is 1. The predicted octanol–water partition coefficient (Wildman–Crippen LogP) is 5.03. The highest BCUT2D eigenvalue weighted by atomic mass is 32.2. The first-order valence-corrected chi connectivity index (χ1v) is 11.1. The fourth-order valence-electron chi connectivity index (χ4n) is 4.33. The molecule has 2 aromatic rings. The summed E-state index contributed by atoms with van der Waals surface area (Å²) in [5.41, 5.74) is 3.55. The predicted molar refractivity (Wildman–Crippen MR) is 119 cm³/mol. The Morgan fingerprint density at radius 3 is 2.55 bits per heavy atom. The number of rotatable bonds is 5. The van der Waals surface area contributed by atoms with Crippen molar-refractivity contribution in [1.29, 1.82) is 0 Å². The van der Waals surface area contributed by atoms with Crippen LogP contribution in [-0.4, -0.2) is 33.1 Å². The van der Waals surface area contributed by atoms with E-state index in [2.05, 4.69) is 16.8 Å². The molecule has 1 saturated carbocycles. The van der Waals surface area contributed by atoms with Crippen molar-refractivity contribution in [2.75, 3.05) is 11.9 Å². The monoisotopic (exact) mass is 441 g/mol. The minimum atomic E-state index is -0.519. The van der Waals surface area contributed by atoms with Gasteiger partial charge < -0.3 is 9.88 Å². The summed E-state index contributed by atoms with van der Waals surface area (Å²) in [5, 5.41) is 2.09. The van der Waals surface area contributed by atoms with E-state index < -0.39 is 22.9 Å². The molecule has 8 heteroatoms. The molecule has 31 heavy (non-hydrogen) atoms. The Morgan fingerprint density at radius 2 is 1.87 bits per heavy atom. The number of carbonyl (C=O) groups excluding carboxylic acids is 3. The smallest absolute Gasteiger partial charge is 0.294 e. The zero-order chi connectivity index (χ0) is 22.1. The number of aromatic nitrogens is 1. The van der Waals surface area contributed by atoms with Gasteiger partial charge in [-0.1, -0.05) is 12.8 Å². The van der Waals surface area contributed by atoms with Crippen LogP contribution in [0.2, 0.25) is 0 Å². The van der Waals surface area contributed by atoms with E-state index in [4.69, 9.17) is 0 Å². The number of aryl methyl sites for hydroxylation is 1. The number of amides is 3. The first-order valence-electron chi connectivity index (χ1n) is 10.3. The molecule has 2 fully saturated rings. The zero-order valence-electron chi connectivity index (χ0n) is 17.5. The third kappa shape index (κ3) is 4.44. The van der Waals surface area contributed by atoms with Gasteiger partial charge in [-0.3, -0.25) is 19.3 Å². The fourth-order valence-corrected chi connectivity index (χ4v) is 5.16. The quantitative estimate of drug-likeness (QED) is 0.661. The zero-order valence-corrected chi connectivity index (χ0v) is 18.3. The van der Waals surface area contributed by atoms with Crippen molar-refractivity contribution in [1.82, 2.24) is 9.47 Å². The fraction of sp³-hybridized carbons (Fsp3) is 0.348. The van der Waals surface area contributed by atoms with Crippen LogP contribution >= 0.6 is 11.8 Å². The van der Waals surface area contributed by atoms with Gasteiger partial charge in [0.25, 0.3) is 11.1 Å². The molecule has 1 aromatic carbocycles. The Bertz CT molecular complexity index is 1070. The third-order valence-electron chi connectivity index (χ3n) is 5.80. The molecule has 3 amide bonds. The Labute approximate surface area is 184 Å². The molecule has 1 aromatic heterocycles. The SMILES string of the molecule is Cc1cc(/C=C2\SC(=O)N(CC(=O)Nc3ccc(F)cc3)C2=O)c(C)n1C1CCCC1. The first kappa shape index (κ1) is 21.4. The van der Waals surface area contributed by atoms with Crippen LogP contribution in [0, 0.1) is 19.7 Å². The van der Waals surface area contributed by atoms with Gasteiger partial charge in [0.15, 0.2) is 0 Å². The van der Waals surface area contributed by atoms with E-state index in [1.54, 1.807) is 6.08 Å². The molecule has 0 radical (unpaired) electrons. The summed E-state index contributed by atoms with van der Waals surface area (Å²) in [4.78, 5) is 38.7. The summed E-state index contributed by atoms with van der Waals surface area (Å²) in [6.07, 6.45) is 6.54. The lowest BCUT2D eigenvalue weighted by Gasteiger charge is -2.17. The highest BCUT2D eigenvalue weighted by molar-refractivity contribution is 8.18. The summed E-state index contributed by atoms with van der Waals surface area (Å²) in [6, 6.07) is 7.82. The van der Waals surface area contributed by atoms with Crippen LogP contribution in [0.3, 0.4) is 0 Å². The highest BCUT2D eigenvalue weighted by Crippen LogP contribution is 2.36. The number of anilines is 1. The second-order valence-corrected chi connectivity index (χ2v) is 8.95. The van der Waals surface area contributed by atoms with E-state index in [-0.39, 0.29) is 6.54 Å². The van der Waals surface area contributed by atoms with E-state index in [0.717, 1.165) is 46.5 Å². The normalized spacial score (nSPS) is 18.4. The van der Waals surface area contributed by atoms with Gasteiger partial charge in [-0.15, -0.1) is 0 Å². The molecule has 6 nitrogen and oxygen atoms in total. The van der Waals surface area contributed by atoms with Gasteiger partial charge in [0, 0.05) is 23.1 Å². The van der Waals surface area contributed by atoms with Crippen molar-refractivity contribution in [3.63, 3.8) is 0 Å². The van der Waals surface area contributed by atoms with Crippen LogP contribution in [0.5, 0.6) is 0 Å². The number of benzene rings is 1. The average molecular weight is 442 g/mol. The molecule has 1 aliphatic heterocycles. The lowest BCUT2D eigenvalue weighted by Crippen LogP contribution is -2.36. The summed E-state index contributed by atoms with van der Waals surface area (Å²) < 4.78 is 15.3. The van der Waals surface area contributed by atoms with Gasteiger partial charge in [0.1, 0.15) is 12.4 Å². The maximum atomic E-state index is 13.0. The summed E-state index contributed by atoms with van der Waals surface area (Å²) in [6.45, 7) is 3.71. The lowest BCUT2D eigenvalue weighted by molar-refractivity contribution is -0.127. The van der Waals surface area contributed by atoms with Crippen LogP contribution in [0.15, 0.2) is 35.2 Å². The molecular formula is C23H24FN3O3S. The van der Waals surface area contributed by atoms with E-state index in [1.807, 2.05) is 13.0 Å². The van der Waals surface area contributed by atoms with Gasteiger partial charge in [0.05, 0.1) is 4.91 Å². The number of hydrogen-bond donors (Lipinski definition) is 1. The summed E-state index contributed by atoms with van der Waals surface area (Å²) in [5.74, 6) is -1.41. The molecule has 2 aliphatic rings. The topological polar surface area (TPSA) is 71.4 Å². The number of nitrogens with zero attached hydrogens (tertiary/aromatic N) is 2. The second-order valence-electron chi connectivity index (χ2n) is 7.96. The Kier molecular flexibility index (Phi) is 6.00. The molecule has 0 bridgehead atoms. The van der Waals surface area contributed by atoms with E-state index >= 15 is 0 Å². The minimum absolute atomic E-state index is 0.311. The van der Waals surface area contributed by atoms with Crippen LogP contribution < -0.4 is 5.32 Å². The molecule has 162 valence electrons. The Morgan fingerprint density at radius 1 is 1.19 bits per heavy atom. The van der Waals surface area contributed by atoms with Crippen molar-refractivity contribution in [2.45, 2.75) is 45.6 Å². The van der Waals surface area contributed by atoms with E-state index in [0.29, 0.717) is 16.6 Å². The van der Waals surface area contributed by atoms with Gasteiger partial charge >= 0.3 is 0 Å². The van der Waals surface area contributed by atoms with Crippen molar-refractivity contribution in [3.05, 3.63) is 58.0 Å².